The number of para-hydroxylation sites is 1. The first kappa shape index (κ1) is 11.7. The van der Waals surface area contributed by atoms with Crippen molar-refractivity contribution in [1.82, 2.24) is 0 Å². The summed E-state index contributed by atoms with van der Waals surface area (Å²) in [5, 5.41) is 0.715. The van der Waals surface area contributed by atoms with Gasteiger partial charge in [-0.3, -0.25) is 0 Å². The molecule has 0 saturated heterocycles. The fraction of sp³-hybridized carbons (Fsp3) is 0.286. The van der Waals surface area contributed by atoms with Crippen molar-refractivity contribution in [2.24, 2.45) is 11.7 Å². The third-order valence-electron chi connectivity index (χ3n) is 2.58. The summed E-state index contributed by atoms with van der Waals surface area (Å²) in [6, 6.07) is 6.31. The molecule has 2 aromatic rings. The van der Waals surface area contributed by atoms with Gasteiger partial charge < -0.3 is 10.2 Å². The van der Waals surface area contributed by atoms with Gasteiger partial charge in [0.05, 0.1) is 6.04 Å². The number of rotatable bonds is 1. The largest absolute Gasteiger partial charge is 0.445 e. The summed E-state index contributed by atoms with van der Waals surface area (Å²) in [7, 11) is 0. The van der Waals surface area contributed by atoms with Crippen LogP contribution >= 0.6 is 0 Å². The molecular weight excluding hydrogens is 217 g/mol. The molecule has 1 atom stereocenters. The van der Waals surface area contributed by atoms with Crippen LogP contribution in [0.2, 0.25) is 0 Å². The van der Waals surface area contributed by atoms with E-state index in [9.17, 15) is 4.39 Å². The van der Waals surface area contributed by atoms with Gasteiger partial charge in [0.15, 0.2) is 17.2 Å². The zero-order valence-corrected chi connectivity index (χ0v) is 9.83. The summed E-state index contributed by atoms with van der Waals surface area (Å²) in [6.45, 7) is 4.00. The molecule has 2 N–H and O–H groups in total. The lowest BCUT2D eigenvalue weighted by Crippen LogP contribution is -2.23. The molecule has 0 saturated carbocycles. The minimum atomic E-state index is -0.372. The van der Waals surface area contributed by atoms with Crippen molar-refractivity contribution < 1.29 is 8.81 Å². The van der Waals surface area contributed by atoms with Gasteiger partial charge in [-0.05, 0) is 17.9 Å². The van der Waals surface area contributed by atoms with Gasteiger partial charge in [-0.25, -0.2) is 4.39 Å². The zero-order chi connectivity index (χ0) is 12.4. The van der Waals surface area contributed by atoms with E-state index in [1.54, 1.807) is 18.2 Å². The highest BCUT2D eigenvalue weighted by Gasteiger charge is 2.07. The van der Waals surface area contributed by atoms with E-state index in [0.717, 1.165) is 0 Å². The first-order valence-corrected chi connectivity index (χ1v) is 5.53. The highest BCUT2D eigenvalue weighted by Crippen LogP contribution is 2.21. The van der Waals surface area contributed by atoms with Crippen molar-refractivity contribution in [3.63, 3.8) is 0 Å². The minimum Gasteiger partial charge on any atom is -0.445 e. The lowest BCUT2D eigenvalue weighted by molar-refractivity contribution is 0.551. The average molecular weight is 231 g/mol. The molecule has 2 rings (SSSR count). The van der Waals surface area contributed by atoms with Gasteiger partial charge in [-0.2, -0.15) is 0 Å². The normalized spacial score (nSPS) is 12.5. The third kappa shape index (κ3) is 2.48. The molecule has 0 amide bonds. The van der Waals surface area contributed by atoms with Crippen LogP contribution in [-0.4, -0.2) is 6.04 Å². The van der Waals surface area contributed by atoms with Gasteiger partial charge in [0.2, 0.25) is 0 Å². The monoisotopic (exact) mass is 231 g/mol. The molecule has 0 aliphatic carbocycles. The molecule has 0 bridgehead atoms. The third-order valence-corrected chi connectivity index (χ3v) is 2.58. The van der Waals surface area contributed by atoms with Gasteiger partial charge in [0.25, 0.3) is 0 Å². The van der Waals surface area contributed by atoms with Crippen LogP contribution in [0.4, 0.5) is 4.39 Å². The second kappa shape index (κ2) is 4.60. The Bertz CT molecular complexity index is 589. The SMILES string of the molecule is CC(C)C(N)C#Cc1cc2cccc(F)c2o1. The van der Waals surface area contributed by atoms with Crippen LogP contribution in [0.15, 0.2) is 28.7 Å². The Balaban J connectivity index is 2.35. The molecule has 1 heterocycles. The molecule has 3 heteroatoms. The Morgan fingerprint density at radius 3 is 2.76 bits per heavy atom. The molecule has 0 aliphatic rings. The van der Waals surface area contributed by atoms with Crippen LogP contribution in [0.5, 0.6) is 0 Å². The summed E-state index contributed by atoms with van der Waals surface area (Å²) < 4.78 is 18.7. The Morgan fingerprint density at radius 2 is 2.12 bits per heavy atom. The molecule has 1 aromatic heterocycles. The van der Waals surface area contributed by atoms with Crippen LogP contribution < -0.4 is 5.73 Å². The smallest absolute Gasteiger partial charge is 0.178 e. The molecule has 88 valence electrons. The standard InChI is InChI=1S/C14H14FNO/c1-9(2)13(16)7-6-11-8-10-4-3-5-12(15)14(10)17-11/h3-5,8-9,13H,16H2,1-2H3. The molecule has 0 aliphatic heterocycles. The number of hydrogen-bond donors (Lipinski definition) is 1. The summed E-state index contributed by atoms with van der Waals surface area (Å²) in [4.78, 5) is 0. The molecule has 0 fully saturated rings. The molecule has 0 spiro atoms. The predicted octanol–water partition coefficient (Wildman–Crippen LogP) is 2.91. The Kier molecular flexibility index (Phi) is 3.16. The van der Waals surface area contributed by atoms with E-state index in [1.165, 1.54) is 6.07 Å². The maximum atomic E-state index is 13.4. The van der Waals surface area contributed by atoms with E-state index >= 15 is 0 Å². The Labute approximate surface area is 99.6 Å². The van der Waals surface area contributed by atoms with Crippen molar-refractivity contribution in [2.75, 3.05) is 0 Å². The number of halogens is 1. The number of hydrogen-bond acceptors (Lipinski definition) is 2. The number of fused-ring (bicyclic) bond motifs is 1. The highest BCUT2D eigenvalue weighted by atomic mass is 19.1. The maximum absolute atomic E-state index is 13.4. The molecule has 1 unspecified atom stereocenters. The molecule has 2 nitrogen and oxygen atoms in total. The van der Waals surface area contributed by atoms with E-state index in [1.807, 2.05) is 13.8 Å². The van der Waals surface area contributed by atoms with Crippen molar-refractivity contribution in [1.29, 1.82) is 0 Å². The van der Waals surface area contributed by atoms with Gasteiger partial charge in [-0.15, -0.1) is 0 Å². The van der Waals surface area contributed by atoms with Gasteiger partial charge in [-0.1, -0.05) is 31.9 Å². The first-order chi connectivity index (χ1) is 8.08. The summed E-state index contributed by atoms with van der Waals surface area (Å²) in [5.74, 6) is 6.08. The van der Waals surface area contributed by atoms with E-state index in [2.05, 4.69) is 11.8 Å². The quantitative estimate of drug-likeness (QED) is 0.766. The Morgan fingerprint density at radius 1 is 1.35 bits per heavy atom. The lowest BCUT2D eigenvalue weighted by atomic mass is 10.1. The fourth-order valence-corrected chi connectivity index (χ4v) is 1.41. The maximum Gasteiger partial charge on any atom is 0.178 e. The van der Waals surface area contributed by atoms with E-state index in [0.29, 0.717) is 11.1 Å². The number of benzene rings is 1. The van der Waals surface area contributed by atoms with Crippen molar-refractivity contribution in [3.8, 4) is 11.8 Å². The van der Waals surface area contributed by atoms with Crippen LogP contribution in [-0.2, 0) is 0 Å². The second-order valence-corrected chi connectivity index (χ2v) is 4.31. The summed E-state index contributed by atoms with van der Waals surface area (Å²) in [5.41, 5.74) is 6.04. The van der Waals surface area contributed by atoms with Crippen LogP contribution in [0, 0.1) is 23.6 Å². The van der Waals surface area contributed by atoms with Crippen LogP contribution in [0.25, 0.3) is 11.0 Å². The van der Waals surface area contributed by atoms with E-state index in [-0.39, 0.29) is 23.4 Å². The van der Waals surface area contributed by atoms with Crippen molar-refractivity contribution >= 4 is 11.0 Å². The number of furan rings is 1. The molecule has 17 heavy (non-hydrogen) atoms. The molecular formula is C14H14FNO. The van der Waals surface area contributed by atoms with E-state index in [4.69, 9.17) is 10.2 Å². The summed E-state index contributed by atoms with van der Waals surface area (Å²) in [6.07, 6.45) is 0. The van der Waals surface area contributed by atoms with E-state index < -0.39 is 0 Å². The van der Waals surface area contributed by atoms with Crippen LogP contribution in [0.3, 0.4) is 0 Å². The summed E-state index contributed by atoms with van der Waals surface area (Å²) >= 11 is 0. The highest BCUT2D eigenvalue weighted by molar-refractivity contribution is 5.79. The number of nitrogens with two attached hydrogens (primary N) is 1. The predicted molar refractivity (Wildman–Crippen MR) is 65.9 cm³/mol. The van der Waals surface area contributed by atoms with Crippen molar-refractivity contribution in [3.05, 3.63) is 35.8 Å². The van der Waals surface area contributed by atoms with Gasteiger partial charge in [0, 0.05) is 11.5 Å². The van der Waals surface area contributed by atoms with Gasteiger partial charge >= 0.3 is 0 Å². The van der Waals surface area contributed by atoms with Gasteiger partial charge in [0.1, 0.15) is 0 Å². The molecule has 1 aromatic carbocycles. The van der Waals surface area contributed by atoms with Crippen molar-refractivity contribution in [2.45, 2.75) is 19.9 Å². The lowest BCUT2D eigenvalue weighted by Gasteiger charge is -2.05. The first-order valence-electron chi connectivity index (χ1n) is 5.53. The zero-order valence-electron chi connectivity index (χ0n) is 9.83. The fourth-order valence-electron chi connectivity index (χ4n) is 1.41. The Hall–Kier alpha value is -1.79. The average Bonchev–Trinajstić information content (AvgIpc) is 2.70. The minimum absolute atomic E-state index is 0.201. The molecule has 0 radical (unpaired) electrons. The van der Waals surface area contributed by atoms with Crippen LogP contribution in [0.1, 0.15) is 19.6 Å². The topological polar surface area (TPSA) is 39.2 Å². The second-order valence-electron chi connectivity index (χ2n) is 4.31.